The second kappa shape index (κ2) is 6.20. The SMILES string of the molecule is CC(C)(C)OC(=O)N1CCC[C@@H]1COc1ccnc(N)c1. The summed E-state index contributed by atoms with van der Waals surface area (Å²) in [6, 6.07) is 3.46. The molecule has 0 unspecified atom stereocenters. The van der Waals surface area contributed by atoms with Crippen LogP contribution in [0, 0.1) is 0 Å². The third-order valence-corrected chi connectivity index (χ3v) is 3.20. The lowest BCUT2D eigenvalue weighted by Gasteiger charge is -2.28. The van der Waals surface area contributed by atoms with Crippen LogP contribution in [0.5, 0.6) is 5.75 Å². The minimum Gasteiger partial charge on any atom is -0.491 e. The summed E-state index contributed by atoms with van der Waals surface area (Å²) in [5.74, 6) is 1.08. The molecule has 0 aliphatic carbocycles. The number of likely N-dealkylation sites (tertiary alicyclic amines) is 1. The van der Waals surface area contributed by atoms with Gasteiger partial charge in [-0.3, -0.25) is 0 Å². The molecule has 21 heavy (non-hydrogen) atoms. The maximum absolute atomic E-state index is 12.2. The van der Waals surface area contributed by atoms with Gasteiger partial charge in [-0.25, -0.2) is 9.78 Å². The van der Waals surface area contributed by atoms with Crippen LogP contribution in [0.4, 0.5) is 10.6 Å². The van der Waals surface area contributed by atoms with Crippen molar-refractivity contribution < 1.29 is 14.3 Å². The quantitative estimate of drug-likeness (QED) is 0.926. The average molecular weight is 293 g/mol. The fraction of sp³-hybridized carbons (Fsp3) is 0.600. The molecular formula is C15H23N3O3. The molecule has 1 aliphatic rings. The third-order valence-electron chi connectivity index (χ3n) is 3.20. The number of rotatable bonds is 3. The first kappa shape index (κ1) is 15.4. The Balaban J connectivity index is 1.91. The second-order valence-corrected chi connectivity index (χ2v) is 6.20. The maximum Gasteiger partial charge on any atom is 0.410 e. The van der Waals surface area contributed by atoms with Gasteiger partial charge < -0.3 is 20.1 Å². The molecule has 6 heteroatoms. The van der Waals surface area contributed by atoms with Crippen molar-refractivity contribution in [2.45, 2.75) is 45.3 Å². The molecule has 1 aromatic heterocycles. The van der Waals surface area contributed by atoms with Crippen LogP contribution in [0.3, 0.4) is 0 Å². The molecular weight excluding hydrogens is 270 g/mol. The zero-order chi connectivity index (χ0) is 15.5. The van der Waals surface area contributed by atoms with Gasteiger partial charge in [-0.2, -0.15) is 0 Å². The predicted octanol–water partition coefficient (Wildman–Crippen LogP) is 2.44. The molecule has 116 valence electrons. The standard InChI is InChI=1S/C15H23N3O3/c1-15(2,3)21-14(19)18-8-4-5-11(18)10-20-12-6-7-17-13(16)9-12/h6-7,9,11H,4-5,8,10H2,1-3H3,(H2,16,17)/t11-/m1/s1. The number of anilines is 1. The van der Waals surface area contributed by atoms with Crippen LogP contribution >= 0.6 is 0 Å². The monoisotopic (exact) mass is 293 g/mol. The zero-order valence-corrected chi connectivity index (χ0v) is 12.8. The first-order valence-corrected chi connectivity index (χ1v) is 7.19. The molecule has 2 heterocycles. The van der Waals surface area contributed by atoms with E-state index in [1.54, 1.807) is 23.2 Å². The van der Waals surface area contributed by atoms with E-state index in [9.17, 15) is 4.79 Å². The van der Waals surface area contributed by atoms with Crippen molar-refractivity contribution in [3.05, 3.63) is 18.3 Å². The number of aromatic nitrogens is 1. The van der Waals surface area contributed by atoms with Gasteiger partial charge in [0.25, 0.3) is 0 Å². The Kier molecular flexibility index (Phi) is 4.55. The van der Waals surface area contributed by atoms with Gasteiger partial charge >= 0.3 is 6.09 Å². The Morgan fingerprint density at radius 3 is 2.95 bits per heavy atom. The zero-order valence-electron chi connectivity index (χ0n) is 12.8. The molecule has 1 fully saturated rings. The number of hydrogen-bond acceptors (Lipinski definition) is 5. The van der Waals surface area contributed by atoms with E-state index < -0.39 is 5.60 Å². The summed E-state index contributed by atoms with van der Waals surface area (Å²) < 4.78 is 11.1. The Morgan fingerprint density at radius 2 is 2.29 bits per heavy atom. The molecule has 2 rings (SSSR count). The number of carbonyl (C=O) groups excluding carboxylic acids is 1. The third kappa shape index (κ3) is 4.51. The molecule has 1 aliphatic heterocycles. The van der Waals surface area contributed by atoms with E-state index in [4.69, 9.17) is 15.2 Å². The van der Waals surface area contributed by atoms with E-state index in [2.05, 4.69) is 4.98 Å². The van der Waals surface area contributed by atoms with Crippen molar-refractivity contribution in [3.63, 3.8) is 0 Å². The minimum atomic E-state index is -0.482. The topological polar surface area (TPSA) is 77.7 Å². The normalized spacial score (nSPS) is 18.6. The number of carbonyl (C=O) groups is 1. The molecule has 1 amide bonds. The average Bonchev–Trinajstić information content (AvgIpc) is 2.83. The molecule has 0 radical (unpaired) electrons. The number of pyridine rings is 1. The lowest BCUT2D eigenvalue weighted by atomic mass is 10.2. The van der Waals surface area contributed by atoms with Crippen LogP contribution in [0.25, 0.3) is 0 Å². The van der Waals surface area contributed by atoms with Crippen LogP contribution in [-0.4, -0.2) is 40.8 Å². The molecule has 1 aromatic rings. The fourth-order valence-electron chi connectivity index (χ4n) is 2.28. The van der Waals surface area contributed by atoms with Crippen molar-refractivity contribution in [3.8, 4) is 5.75 Å². The van der Waals surface area contributed by atoms with E-state index in [0.29, 0.717) is 24.7 Å². The molecule has 6 nitrogen and oxygen atoms in total. The highest BCUT2D eigenvalue weighted by Crippen LogP contribution is 2.22. The largest absolute Gasteiger partial charge is 0.491 e. The maximum atomic E-state index is 12.2. The number of nitrogens with two attached hydrogens (primary N) is 1. The molecule has 1 saturated heterocycles. The predicted molar refractivity (Wildman–Crippen MR) is 80.1 cm³/mol. The summed E-state index contributed by atoms with van der Waals surface area (Å²) in [7, 11) is 0. The van der Waals surface area contributed by atoms with Crippen LogP contribution in [-0.2, 0) is 4.74 Å². The van der Waals surface area contributed by atoms with Gasteiger partial charge in [0, 0.05) is 18.8 Å². The smallest absolute Gasteiger partial charge is 0.410 e. The number of hydrogen-bond donors (Lipinski definition) is 1. The summed E-state index contributed by atoms with van der Waals surface area (Å²) in [4.78, 5) is 17.8. The van der Waals surface area contributed by atoms with Crippen LogP contribution in [0.1, 0.15) is 33.6 Å². The summed E-state index contributed by atoms with van der Waals surface area (Å²) in [6.07, 6.45) is 3.21. The number of nitrogen functional groups attached to an aromatic ring is 1. The van der Waals surface area contributed by atoms with Crippen LogP contribution in [0.15, 0.2) is 18.3 Å². The Bertz CT molecular complexity index is 499. The van der Waals surface area contributed by atoms with Crippen molar-refractivity contribution in [2.75, 3.05) is 18.9 Å². The van der Waals surface area contributed by atoms with E-state index in [1.807, 2.05) is 20.8 Å². The summed E-state index contributed by atoms with van der Waals surface area (Å²) in [5, 5.41) is 0. The second-order valence-electron chi connectivity index (χ2n) is 6.20. The van der Waals surface area contributed by atoms with Crippen LogP contribution in [0.2, 0.25) is 0 Å². The Labute approximate surface area is 125 Å². The summed E-state index contributed by atoms with van der Waals surface area (Å²) in [5.41, 5.74) is 5.13. The molecule has 2 N–H and O–H groups in total. The van der Waals surface area contributed by atoms with E-state index in [0.717, 1.165) is 12.8 Å². The van der Waals surface area contributed by atoms with E-state index >= 15 is 0 Å². The summed E-state index contributed by atoms with van der Waals surface area (Å²) >= 11 is 0. The highest BCUT2D eigenvalue weighted by atomic mass is 16.6. The van der Waals surface area contributed by atoms with Gasteiger partial charge in [-0.05, 0) is 39.7 Å². The molecule has 0 bridgehead atoms. The van der Waals surface area contributed by atoms with Crippen molar-refractivity contribution in [1.29, 1.82) is 0 Å². The summed E-state index contributed by atoms with van der Waals surface area (Å²) in [6.45, 7) is 6.74. The minimum absolute atomic E-state index is 0.0363. The molecule has 0 saturated carbocycles. The van der Waals surface area contributed by atoms with Gasteiger partial charge in [-0.15, -0.1) is 0 Å². The first-order valence-electron chi connectivity index (χ1n) is 7.19. The van der Waals surface area contributed by atoms with Gasteiger partial charge in [0.2, 0.25) is 0 Å². The lowest BCUT2D eigenvalue weighted by Crippen LogP contribution is -2.42. The van der Waals surface area contributed by atoms with Crippen molar-refractivity contribution in [1.82, 2.24) is 9.88 Å². The van der Waals surface area contributed by atoms with E-state index in [1.165, 1.54) is 0 Å². The molecule has 0 spiro atoms. The Hall–Kier alpha value is -1.98. The number of nitrogens with zero attached hydrogens (tertiary/aromatic N) is 2. The highest BCUT2D eigenvalue weighted by Gasteiger charge is 2.32. The molecule has 0 aromatic carbocycles. The number of amides is 1. The fourth-order valence-corrected chi connectivity index (χ4v) is 2.28. The number of ether oxygens (including phenoxy) is 2. The van der Waals surface area contributed by atoms with E-state index in [-0.39, 0.29) is 12.1 Å². The van der Waals surface area contributed by atoms with Crippen molar-refractivity contribution in [2.24, 2.45) is 0 Å². The van der Waals surface area contributed by atoms with Crippen molar-refractivity contribution >= 4 is 11.9 Å². The van der Waals surface area contributed by atoms with Gasteiger partial charge in [0.05, 0.1) is 6.04 Å². The van der Waals surface area contributed by atoms with Gasteiger partial charge in [0.1, 0.15) is 23.8 Å². The first-order chi connectivity index (χ1) is 9.85. The molecule has 1 atom stereocenters. The van der Waals surface area contributed by atoms with Gasteiger partial charge in [0.15, 0.2) is 0 Å². The van der Waals surface area contributed by atoms with Gasteiger partial charge in [-0.1, -0.05) is 0 Å². The Morgan fingerprint density at radius 1 is 1.52 bits per heavy atom. The lowest BCUT2D eigenvalue weighted by molar-refractivity contribution is 0.0187. The highest BCUT2D eigenvalue weighted by molar-refractivity contribution is 5.69. The van der Waals surface area contributed by atoms with Crippen LogP contribution < -0.4 is 10.5 Å².